The summed E-state index contributed by atoms with van der Waals surface area (Å²) in [6.07, 6.45) is 3.15. The summed E-state index contributed by atoms with van der Waals surface area (Å²) in [6.45, 7) is 3.15. The number of rotatable bonds is 10. The zero-order valence-electron chi connectivity index (χ0n) is 19.0. The molecule has 33 heavy (non-hydrogen) atoms. The van der Waals surface area contributed by atoms with E-state index < -0.39 is 12.6 Å². The molecule has 2 aromatic rings. The molecule has 1 aliphatic heterocycles. The van der Waals surface area contributed by atoms with Crippen LogP contribution in [0.5, 0.6) is 17.2 Å². The molecule has 1 fully saturated rings. The number of Topliss-reactive ketones (excluding diaryl/α,β-unsaturated/α-hetero) is 1. The van der Waals surface area contributed by atoms with Gasteiger partial charge < -0.3 is 23.8 Å². The smallest absolute Gasteiger partial charge is 0.338 e. The number of hydrogen-bond acceptors (Lipinski definition) is 7. The monoisotopic (exact) mass is 455 g/mol. The lowest BCUT2D eigenvalue weighted by atomic mass is 10.1. The van der Waals surface area contributed by atoms with E-state index in [1.54, 1.807) is 42.2 Å². The predicted octanol–water partition coefficient (Wildman–Crippen LogP) is 3.52. The van der Waals surface area contributed by atoms with E-state index in [9.17, 15) is 14.4 Å². The van der Waals surface area contributed by atoms with Crippen LogP contribution in [0.15, 0.2) is 42.5 Å². The minimum atomic E-state index is -0.664. The average Bonchev–Trinajstić information content (AvgIpc) is 2.86. The van der Waals surface area contributed by atoms with Gasteiger partial charge >= 0.3 is 5.97 Å². The fourth-order valence-corrected chi connectivity index (χ4v) is 3.49. The van der Waals surface area contributed by atoms with Gasteiger partial charge in [0.25, 0.3) is 5.91 Å². The maximum Gasteiger partial charge on any atom is 0.338 e. The van der Waals surface area contributed by atoms with Gasteiger partial charge in [0.1, 0.15) is 5.75 Å². The highest BCUT2D eigenvalue weighted by Crippen LogP contribution is 2.29. The number of carbonyl (C=O) groups is 3. The Hall–Kier alpha value is -3.55. The molecule has 8 nitrogen and oxygen atoms in total. The van der Waals surface area contributed by atoms with Gasteiger partial charge in [-0.3, -0.25) is 9.59 Å². The summed E-state index contributed by atoms with van der Waals surface area (Å²) in [6, 6.07) is 11.2. The Labute approximate surface area is 193 Å². The number of methoxy groups -OCH3 is 1. The molecular formula is C25H29NO7. The number of ether oxygens (including phenoxy) is 4. The predicted molar refractivity (Wildman–Crippen MR) is 121 cm³/mol. The van der Waals surface area contributed by atoms with E-state index in [0.29, 0.717) is 29.4 Å². The first-order valence-electron chi connectivity index (χ1n) is 11.0. The molecule has 0 radical (unpaired) electrons. The molecule has 176 valence electrons. The highest BCUT2D eigenvalue weighted by atomic mass is 16.5. The quantitative estimate of drug-likeness (QED) is 0.400. The first kappa shape index (κ1) is 24.1. The Kier molecular flexibility index (Phi) is 8.69. The Morgan fingerprint density at radius 2 is 1.67 bits per heavy atom. The van der Waals surface area contributed by atoms with Gasteiger partial charge in [-0.05, 0) is 56.5 Å². The summed E-state index contributed by atoms with van der Waals surface area (Å²) in [5.41, 5.74) is 0.603. The average molecular weight is 456 g/mol. The van der Waals surface area contributed by atoms with E-state index in [1.807, 2.05) is 0 Å². The van der Waals surface area contributed by atoms with Crippen LogP contribution in [0.2, 0.25) is 0 Å². The van der Waals surface area contributed by atoms with Crippen molar-refractivity contribution in [1.29, 1.82) is 0 Å². The highest BCUT2D eigenvalue weighted by molar-refractivity contribution is 5.99. The molecule has 0 N–H and O–H groups in total. The molecule has 1 saturated heterocycles. The summed E-state index contributed by atoms with van der Waals surface area (Å²) in [4.78, 5) is 39.0. The number of hydrogen-bond donors (Lipinski definition) is 0. The van der Waals surface area contributed by atoms with Crippen molar-refractivity contribution in [3.8, 4) is 17.2 Å². The van der Waals surface area contributed by atoms with Crippen molar-refractivity contribution in [2.24, 2.45) is 0 Å². The molecule has 1 heterocycles. The third-order valence-corrected chi connectivity index (χ3v) is 5.27. The second-order valence-corrected chi connectivity index (χ2v) is 7.56. The summed E-state index contributed by atoms with van der Waals surface area (Å²) < 4.78 is 21.6. The van der Waals surface area contributed by atoms with Gasteiger partial charge in [0.05, 0.1) is 19.3 Å². The largest absolute Gasteiger partial charge is 0.497 e. The number of amides is 1. The number of esters is 1. The molecule has 0 unspecified atom stereocenters. The molecule has 1 amide bonds. The lowest BCUT2D eigenvalue weighted by Crippen LogP contribution is -2.38. The molecule has 0 bridgehead atoms. The van der Waals surface area contributed by atoms with Crippen LogP contribution in [-0.4, -0.2) is 62.6 Å². The minimum absolute atomic E-state index is 0.0725. The maximum absolute atomic E-state index is 12.5. The van der Waals surface area contributed by atoms with Gasteiger partial charge in [-0.15, -0.1) is 0 Å². The Morgan fingerprint density at radius 3 is 2.39 bits per heavy atom. The second kappa shape index (κ2) is 11.9. The molecule has 8 heteroatoms. The van der Waals surface area contributed by atoms with Crippen LogP contribution in [0.4, 0.5) is 0 Å². The van der Waals surface area contributed by atoms with Crippen molar-refractivity contribution < 1.29 is 33.3 Å². The van der Waals surface area contributed by atoms with E-state index in [0.717, 1.165) is 32.4 Å². The van der Waals surface area contributed by atoms with E-state index in [2.05, 4.69) is 0 Å². The standard InChI is InChI=1S/C25H29NO7/c1-3-31-23-15-19(10-11-22(23)32-17-24(28)26-12-5-4-6-13-26)25(29)33-16-21(27)18-8-7-9-20(14-18)30-2/h7-11,14-15H,3-6,12-13,16-17H2,1-2H3. The number of piperidine rings is 1. The molecule has 0 aliphatic carbocycles. The van der Waals surface area contributed by atoms with E-state index in [-0.39, 0.29) is 23.9 Å². The van der Waals surface area contributed by atoms with Gasteiger partial charge in [-0.2, -0.15) is 0 Å². The third-order valence-electron chi connectivity index (χ3n) is 5.27. The van der Waals surface area contributed by atoms with Crippen molar-refractivity contribution in [1.82, 2.24) is 4.90 Å². The van der Waals surface area contributed by atoms with E-state index >= 15 is 0 Å². The van der Waals surface area contributed by atoms with Crippen molar-refractivity contribution >= 4 is 17.7 Å². The fourth-order valence-electron chi connectivity index (χ4n) is 3.49. The number of ketones is 1. The van der Waals surface area contributed by atoms with Crippen LogP contribution in [0, 0.1) is 0 Å². The zero-order chi connectivity index (χ0) is 23.6. The van der Waals surface area contributed by atoms with E-state index in [4.69, 9.17) is 18.9 Å². The SMILES string of the molecule is CCOc1cc(C(=O)OCC(=O)c2cccc(OC)c2)ccc1OCC(=O)N1CCCCC1. The second-order valence-electron chi connectivity index (χ2n) is 7.56. The van der Waals surface area contributed by atoms with Gasteiger partial charge in [-0.25, -0.2) is 4.79 Å². The molecule has 0 aromatic heterocycles. The van der Waals surface area contributed by atoms with Gasteiger partial charge in [0.15, 0.2) is 30.5 Å². The topological polar surface area (TPSA) is 91.4 Å². The highest BCUT2D eigenvalue weighted by Gasteiger charge is 2.19. The Morgan fingerprint density at radius 1 is 0.879 bits per heavy atom. The first-order valence-corrected chi connectivity index (χ1v) is 11.0. The normalized spacial score (nSPS) is 13.2. The Balaban J connectivity index is 1.60. The van der Waals surface area contributed by atoms with Gasteiger partial charge in [0.2, 0.25) is 0 Å². The lowest BCUT2D eigenvalue weighted by molar-refractivity contribution is -0.134. The van der Waals surface area contributed by atoms with Crippen LogP contribution in [0.1, 0.15) is 46.9 Å². The molecular weight excluding hydrogens is 426 g/mol. The van der Waals surface area contributed by atoms with Crippen LogP contribution in [0.25, 0.3) is 0 Å². The summed E-state index contributed by atoms with van der Waals surface area (Å²) in [5.74, 6) is 0.162. The van der Waals surface area contributed by atoms with Crippen molar-refractivity contribution in [3.05, 3.63) is 53.6 Å². The number of carbonyl (C=O) groups excluding carboxylic acids is 3. The van der Waals surface area contributed by atoms with Crippen molar-refractivity contribution in [2.45, 2.75) is 26.2 Å². The minimum Gasteiger partial charge on any atom is -0.497 e. The summed E-state index contributed by atoms with van der Waals surface area (Å²) in [7, 11) is 1.51. The molecule has 0 spiro atoms. The molecule has 0 atom stereocenters. The Bertz CT molecular complexity index is 982. The zero-order valence-corrected chi connectivity index (χ0v) is 19.0. The number of likely N-dealkylation sites (tertiary alicyclic amines) is 1. The fraction of sp³-hybridized carbons (Fsp3) is 0.400. The van der Waals surface area contributed by atoms with Crippen molar-refractivity contribution in [3.63, 3.8) is 0 Å². The summed E-state index contributed by atoms with van der Waals surface area (Å²) >= 11 is 0. The van der Waals surface area contributed by atoms with Crippen molar-refractivity contribution in [2.75, 3.05) is 40.0 Å². The molecule has 0 saturated carbocycles. The lowest BCUT2D eigenvalue weighted by Gasteiger charge is -2.26. The van der Waals surface area contributed by atoms with Crippen LogP contribution in [0.3, 0.4) is 0 Å². The summed E-state index contributed by atoms with van der Waals surface area (Å²) in [5, 5.41) is 0. The molecule has 1 aliphatic rings. The third kappa shape index (κ3) is 6.71. The van der Waals surface area contributed by atoms with E-state index in [1.165, 1.54) is 19.2 Å². The first-order chi connectivity index (χ1) is 16.0. The van der Waals surface area contributed by atoms with Crippen LogP contribution < -0.4 is 14.2 Å². The molecule has 3 rings (SSSR count). The number of benzene rings is 2. The van der Waals surface area contributed by atoms with Gasteiger partial charge in [-0.1, -0.05) is 12.1 Å². The van der Waals surface area contributed by atoms with Crippen LogP contribution >= 0.6 is 0 Å². The van der Waals surface area contributed by atoms with Gasteiger partial charge in [0, 0.05) is 18.7 Å². The maximum atomic E-state index is 12.5. The molecule has 2 aromatic carbocycles. The number of nitrogens with zero attached hydrogens (tertiary/aromatic N) is 1. The van der Waals surface area contributed by atoms with Crippen LogP contribution in [-0.2, 0) is 9.53 Å².